The van der Waals surface area contributed by atoms with Crippen molar-refractivity contribution in [1.82, 2.24) is 0 Å². The minimum atomic E-state index is -0.408. The molecule has 0 spiro atoms. The largest absolute Gasteiger partial charge is 0.398 e. The molecule has 1 fully saturated rings. The summed E-state index contributed by atoms with van der Waals surface area (Å²) in [6, 6.07) is 5.12. The van der Waals surface area contributed by atoms with Gasteiger partial charge in [0.25, 0.3) is 5.69 Å². The Morgan fingerprint density at radius 1 is 1.17 bits per heavy atom. The quantitative estimate of drug-likeness (QED) is 0.372. The molecule has 0 amide bonds. The molecule has 0 aromatic heterocycles. The molecule has 0 bridgehead atoms. The van der Waals surface area contributed by atoms with Crippen LogP contribution in [0.5, 0.6) is 0 Å². The third-order valence-corrected chi connectivity index (χ3v) is 3.38. The number of nitrogens with zero attached hydrogens (tertiary/aromatic N) is 1. The van der Waals surface area contributed by atoms with E-state index in [-0.39, 0.29) is 5.69 Å². The SMILES string of the molecule is Nc1cc(NC2CCCCCC2)cc([N+](=O)[O-])c1. The molecule has 98 valence electrons. The zero-order valence-electron chi connectivity index (χ0n) is 10.4. The number of hydrogen-bond acceptors (Lipinski definition) is 4. The van der Waals surface area contributed by atoms with Crippen LogP contribution in [0.4, 0.5) is 17.1 Å². The Hall–Kier alpha value is -1.78. The van der Waals surface area contributed by atoms with E-state index in [2.05, 4.69) is 5.32 Å². The third kappa shape index (κ3) is 3.35. The van der Waals surface area contributed by atoms with E-state index in [4.69, 9.17) is 5.73 Å². The van der Waals surface area contributed by atoms with Crippen LogP contribution in [-0.2, 0) is 0 Å². The Morgan fingerprint density at radius 2 is 1.83 bits per heavy atom. The lowest BCUT2D eigenvalue weighted by Gasteiger charge is -2.17. The lowest BCUT2D eigenvalue weighted by Crippen LogP contribution is -2.18. The molecular weight excluding hydrogens is 230 g/mol. The van der Waals surface area contributed by atoms with Gasteiger partial charge in [-0.25, -0.2) is 0 Å². The molecule has 0 heterocycles. The lowest BCUT2D eigenvalue weighted by molar-refractivity contribution is -0.384. The summed E-state index contributed by atoms with van der Waals surface area (Å²) in [4.78, 5) is 10.4. The van der Waals surface area contributed by atoms with Crippen molar-refractivity contribution in [2.75, 3.05) is 11.1 Å². The summed E-state index contributed by atoms with van der Waals surface area (Å²) < 4.78 is 0. The fraction of sp³-hybridized carbons (Fsp3) is 0.538. The number of anilines is 2. The Labute approximate surface area is 107 Å². The van der Waals surface area contributed by atoms with Gasteiger partial charge in [-0.3, -0.25) is 10.1 Å². The van der Waals surface area contributed by atoms with Crippen molar-refractivity contribution in [3.63, 3.8) is 0 Å². The Balaban J connectivity index is 2.10. The molecule has 0 saturated heterocycles. The lowest BCUT2D eigenvalue weighted by atomic mass is 10.1. The summed E-state index contributed by atoms with van der Waals surface area (Å²) in [7, 11) is 0. The monoisotopic (exact) mass is 249 g/mol. The highest BCUT2D eigenvalue weighted by Crippen LogP contribution is 2.26. The van der Waals surface area contributed by atoms with Crippen molar-refractivity contribution in [3.05, 3.63) is 28.3 Å². The van der Waals surface area contributed by atoms with Gasteiger partial charge in [0.15, 0.2) is 0 Å². The Morgan fingerprint density at radius 3 is 2.44 bits per heavy atom. The summed E-state index contributed by atoms with van der Waals surface area (Å²) in [5, 5.41) is 14.1. The molecule has 1 aromatic carbocycles. The maximum Gasteiger partial charge on any atom is 0.273 e. The van der Waals surface area contributed by atoms with Crippen molar-refractivity contribution in [1.29, 1.82) is 0 Å². The predicted octanol–water partition coefficient (Wildman–Crippen LogP) is 3.31. The first-order chi connectivity index (χ1) is 8.65. The number of benzene rings is 1. The van der Waals surface area contributed by atoms with Gasteiger partial charge in [0.05, 0.1) is 4.92 Å². The fourth-order valence-corrected chi connectivity index (χ4v) is 2.48. The summed E-state index contributed by atoms with van der Waals surface area (Å²) in [6.45, 7) is 0. The van der Waals surface area contributed by atoms with E-state index in [1.165, 1.54) is 31.7 Å². The van der Waals surface area contributed by atoms with Crippen molar-refractivity contribution >= 4 is 17.1 Å². The van der Waals surface area contributed by atoms with E-state index in [9.17, 15) is 10.1 Å². The summed E-state index contributed by atoms with van der Waals surface area (Å²) in [5.74, 6) is 0. The molecule has 0 aliphatic heterocycles. The zero-order valence-corrected chi connectivity index (χ0v) is 10.4. The highest BCUT2D eigenvalue weighted by atomic mass is 16.6. The van der Waals surface area contributed by atoms with E-state index < -0.39 is 4.92 Å². The first-order valence-electron chi connectivity index (χ1n) is 6.46. The van der Waals surface area contributed by atoms with Crippen molar-refractivity contribution < 1.29 is 4.92 Å². The van der Waals surface area contributed by atoms with Crippen LogP contribution < -0.4 is 11.1 Å². The van der Waals surface area contributed by atoms with Crippen molar-refractivity contribution in [2.24, 2.45) is 0 Å². The van der Waals surface area contributed by atoms with Crippen LogP contribution in [0.3, 0.4) is 0 Å². The molecule has 5 heteroatoms. The van der Waals surface area contributed by atoms with Crippen LogP contribution in [0.25, 0.3) is 0 Å². The van der Waals surface area contributed by atoms with E-state index in [1.807, 2.05) is 0 Å². The number of non-ortho nitro benzene ring substituents is 1. The molecule has 3 N–H and O–H groups in total. The van der Waals surface area contributed by atoms with E-state index in [0.29, 0.717) is 11.7 Å². The maximum atomic E-state index is 10.8. The van der Waals surface area contributed by atoms with Gasteiger partial charge >= 0.3 is 0 Å². The molecule has 2 rings (SSSR count). The smallest absolute Gasteiger partial charge is 0.273 e. The molecule has 0 radical (unpaired) electrons. The fourth-order valence-electron chi connectivity index (χ4n) is 2.48. The molecule has 1 aliphatic rings. The van der Waals surface area contributed by atoms with Crippen LogP contribution in [-0.4, -0.2) is 11.0 Å². The van der Waals surface area contributed by atoms with Gasteiger partial charge in [0, 0.05) is 29.5 Å². The first-order valence-corrected chi connectivity index (χ1v) is 6.46. The highest BCUT2D eigenvalue weighted by Gasteiger charge is 2.14. The number of nitrogens with one attached hydrogen (secondary N) is 1. The van der Waals surface area contributed by atoms with Crippen molar-refractivity contribution in [3.8, 4) is 0 Å². The summed E-state index contributed by atoms with van der Waals surface area (Å²) in [6.07, 6.45) is 7.28. The molecular formula is C13H19N3O2. The molecule has 1 aliphatic carbocycles. The third-order valence-electron chi connectivity index (χ3n) is 3.38. The van der Waals surface area contributed by atoms with Crippen LogP contribution in [0, 0.1) is 10.1 Å². The average molecular weight is 249 g/mol. The predicted molar refractivity (Wildman–Crippen MR) is 72.6 cm³/mol. The highest BCUT2D eigenvalue weighted by molar-refractivity contribution is 5.61. The van der Waals surface area contributed by atoms with Gasteiger partial charge in [-0.1, -0.05) is 25.7 Å². The van der Waals surface area contributed by atoms with Crippen molar-refractivity contribution in [2.45, 2.75) is 44.6 Å². The van der Waals surface area contributed by atoms with Gasteiger partial charge in [-0.05, 0) is 18.9 Å². The molecule has 5 nitrogen and oxygen atoms in total. The number of rotatable bonds is 3. The molecule has 18 heavy (non-hydrogen) atoms. The molecule has 0 unspecified atom stereocenters. The van der Waals surface area contributed by atoms with E-state index >= 15 is 0 Å². The first kappa shape index (κ1) is 12.7. The number of nitro groups is 1. The summed E-state index contributed by atoms with van der Waals surface area (Å²) >= 11 is 0. The van der Waals surface area contributed by atoms with Crippen LogP contribution >= 0.6 is 0 Å². The van der Waals surface area contributed by atoms with Crippen LogP contribution in [0.1, 0.15) is 38.5 Å². The van der Waals surface area contributed by atoms with Crippen LogP contribution in [0.15, 0.2) is 18.2 Å². The van der Waals surface area contributed by atoms with Gasteiger partial charge < -0.3 is 11.1 Å². The van der Waals surface area contributed by atoms with E-state index in [0.717, 1.165) is 18.5 Å². The minimum Gasteiger partial charge on any atom is -0.398 e. The van der Waals surface area contributed by atoms with Gasteiger partial charge in [0.2, 0.25) is 0 Å². The number of nitro benzene ring substituents is 1. The second kappa shape index (κ2) is 5.71. The standard InChI is InChI=1S/C13H19N3O2/c14-10-7-12(9-13(8-10)16(17)18)15-11-5-3-1-2-4-6-11/h7-9,11,15H,1-6,14H2. The van der Waals surface area contributed by atoms with Crippen LogP contribution in [0.2, 0.25) is 0 Å². The van der Waals surface area contributed by atoms with Gasteiger partial charge in [0.1, 0.15) is 0 Å². The van der Waals surface area contributed by atoms with Gasteiger partial charge in [-0.2, -0.15) is 0 Å². The number of nitrogens with two attached hydrogens (primary N) is 1. The Bertz CT molecular complexity index is 426. The second-order valence-electron chi connectivity index (χ2n) is 4.90. The molecule has 1 aromatic rings. The molecule has 0 atom stereocenters. The Kier molecular flexibility index (Phi) is 4.02. The zero-order chi connectivity index (χ0) is 13.0. The second-order valence-corrected chi connectivity index (χ2v) is 4.90. The number of hydrogen-bond donors (Lipinski definition) is 2. The minimum absolute atomic E-state index is 0.0473. The summed E-state index contributed by atoms with van der Waals surface area (Å²) in [5.41, 5.74) is 6.92. The average Bonchev–Trinajstić information content (AvgIpc) is 2.57. The maximum absolute atomic E-state index is 10.8. The normalized spacial score (nSPS) is 17.1. The number of nitrogen functional groups attached to an aromatic ring is 1. The topological polar surface area (TPSA) is 81.2 Å². The van der Waals surface area contributed by atoms with Gasteiger partial charge in [-0.15, -0.1) is 0 Å². The molecule has 1 saturated carbocycles. The van der Waals surface area contributed by atoms with E-state index in [1.54, 1.807) is 12.1 Å².